The average Bonchev–Trinajstić information content (AvgIpc) is 3.54. The average molecular weight is 558 g/mol. The fourth-order valence-electron chi connectivity index (χ4n) is 4.33. The zero-order valence-electron chi connectivity index (χ0n) is 22.2. The second kappa shape index (κ2) is 12.5. The minimum Gasteiger partial charge on any atom is -0.126 e. The van der Waals surface area contributed by atoms with Crippen molar-refractivity contribution in [3.05, 3.63) is 150 Å². The van der Waals surface area contributed by atoms with Crippen molar-refractivity contribution >= 4 is 24.8 Å². The van der Waals surface area contributed by atoms with Gasteiger partial charge in [-0.2, -0.15) is 11.6 Å². The van der Waals surface area contributed by atoms with Crippen LogP contribution >= 0.6 is 0 Å². The minimum atomic E-state index is 0.303. The van der Waals surface area contributed by atoms with Crippen molar-refractivity contribution in [2.45, 2.75) is 27.7 Å². The van der Waals surface area contributed by atoms with Crippen molar-refractivity contribution in [1.29, 1.82) is 0 Å². The van der Waals surface area contributed by atoms with Crippen LogP contribution in [-0.2, 0) is 24.2 Å². The number of benzene rings is 4. The van der Waals surface area contributed by atoms with Gasteiger partial charge in [0.2, 0.25) is 0 Å². The maximum absolute atomic E-state index is 3.26. The van der Waals surface area contributed by atoms with Crippen LogP contribution in [0.2, 0.25) is 0 Å². The van der Waals surface area contributed by atoms with E-state index in [1.807, 2.05) is 0 Å². The Balaban J connectivity index is 0.000000132. The number of allylic oxidation sites excluding steroid dienone is 4. The maximum atomic E-state index is 3.26. The first kappa shape index (κ1) is 27.0. The number of hydrogen-bond donors (Lipinski definition) is 0. The molecule has 1 atom stereocenters. The molecule has 37 heavy (non-hydrogen) atoms. The van der Waals surface area contributed by atoms with Gasteiger partial charge in [0.15, 0.2) is 0 Å². The van der Waals surface area contributed by atoms with Crippen molar-refractivity contribution < 1.29 is 24.2 Å². The van der Waals surface area contributed by atoms with Crippen molar-refractivity contribution in [1.82, 2.24) is 0 Å². The molecule has 0 bridgehead atoms. The van der Waals surface area contributed by atoms with E-state index in [4.69, 9.17) is 0 Å². The quantitative estimate of drug-likeness (QED) is 0.190. The Bertz CT molecular complexity index is 1420. The second-order valence-corrected chi connectivity index (χ2v) is 11.6. The predicted molar refractivity (Wildman–Crippen MR) is 158 cm³/mol. The summed E-state index contributed by atoms with van der Waals surface area (Å²) in [5.74, 6) is 0.522. The van der Waals surface area contributed by atoms with Gasteiger partial charge in [0.25, 0.3) is 0 Å². The Hall–Kier alpha value is -3.02. The normalized spacial score (nSPS) is 14.4. The van der Waals surface area contributed by atoms with Crippen molar-refractivity contribution in [3.63, 3.8) is 0 Å². The molecule has 6 rings (SSSR count). The van der Waals surface area contributed by atoms with E-state index >= 15 is 0 Å². The number of rotatable bonds is 2. The van der Waals surface area contributed by atoms with Crippen LogP contribution in [0.1, 0.15) is 38.8 Å². The zero-order valence-corrected chi connectivity index (χ0v) is 24.7. The summed E-state index contributed by atoms with van der Waals surface area (Å²) in [6.07, 6.45) is 7.65. The van der Waals surface area contributed by atoms with Crippen molar-refractivity contribution in [3.8, 4) is 0 Å². The molecular formula is C36H34Zr. The summed E-state index contributed by atoms with van der Waals surface area (Å²) in [5, 5.41) is 5.39. The van der Waals surface area contributed by atoms with Gasteiger partial charge in [-0.05, 0) is 0 Å². The summed E-state index contributed by atoms with van der Waals surface area (Å²) in [7, 11) is 0. The van der Waals surface area contributed by atoms with Gasteiger partial charge >= 0.3 is 99.2 Å². The van der Waals surface area contributed by atoms with Gasteiger partial charge in [0, 0.05) is 0 Å². The fourth-order valence-corrected chi connectivity index (χ4v) is 5.15. The third kappa shape index (κ3) is 7.27. The third-order valence-electron chi connectivity index (χ3n) is 6.44. The molecule has 0 spiro atoms. The van der Waals surface area contributed by atoms with Crippen molar-refractivity contribution in [2.24, 2.45) is 11.3 Å². The van der Waals surface area contributed by atoms with Crippen LogP contribution in [0, 0.1) is 17.4 Å². The summed E-state index contributed by atoms with van der Waals surface area (Å²) in [6, 6.07) is 40.4. The van der Waals surface area contributed by atoms with Gasteiger partial charge in [0.05, 0.1) is 0 Å². The molecule has 182 valence electrons. The summed E-state index contributed by atoms with van der Waals surface area (Å²) >= 11 is 1.46. The molecule has 0 N–H and O–H groups in total. The Labute approximate surface area is 237 Å². The zero-order chi connectivity index (χ0) is 26.3. The van der Waals surface area contributed by atoms with E-state index in [0.717, 1.165) is 0 Å². The summed E-state index contributed by atoms with van der Waals surface area (Å²) in [6.45, 7) is 8.86. The summed E-state index contributed by atoms with van der Waals surface area (Å²) in [5.41, 5.74) is 4.38. The SMILES string of the molecule is CC1[C-]=CC(C(C)(C)C)=C1.[Zr+2]=[C](c1ccccc1)c1ccccc1.c1ccc2c(c1)[cH-]c1ccccc12. The molecule has 0 aliphatic heterocycles. The van der Waals surface area contributed by atoms with Crippen LogP contribution < -0.4 is 0 Å². The smallest absolute Gasteiger partial charge is 0.0771 e. The molecule has 0 heterocycles. The predicted octanol–water partition coefficient (Wildman–Crippen LogP) is 9.48. The topological polar surface area (TPSA) is 0 Å². The van der Waals surface area contributed by atoms with Gasteiger partial charge in [-0.3, -0.25) is 6.08 Å². The molecular weight excluding hydrogens is 524 g/mol. The van der Waals surface area contributed by atoms with E-state index in [1.54, 1.807) is 0 Å². The molecule has 0 saturated heterocycles. The van der Waals surface area contributed by atoms with E-state index in [9.17, 15) is 0 Å². The minimum absolute atomic E-state index is 0.303. The first-order chi connectivity index (χ1) is 17.8. The molecule has 1 unspecified atom stereocenters. The Morgan fingerprint density at radius 3 is 1.49 bits per heavy atom. The Morgan fingerprint density at radius 1 is 0.676 bits per heavy atom. The molecule has 0 nitrogen and oxygen atoms in total. The largest absolute Gasteiger partial charge is 0.126 e. The molecule has 0 saturated carbocycles. The van der Waals surface area contributed by atoms with E-state index in [0.29, 0.717) is 11.3 Å². The fraction of sp³-hybridized carbons (Fsp3) is 0.167. The molecule has 0 radical (unpaired) electrons. The Kier molecular flexibility index (Phi) is 9.12. The van der Waals surface area contributed by atoms with E-state index in [2.05, 4.69) is 161 Å². The van der Waals surface area contributed by atoms with Gasteiger partial charge in [-0.1, -0.05) is 75.4 Å². The van der Waals surface area contributed by atoms with Crippen LogP contribution in [0.4, 0.5) is 0 Å². The maximum Gasteiger partial charge on any atom is -0.0771 e. The summed E-state index contributed by atoms with van der Waals surface area (Å²) < 4.78 is 1.42. The van der Waals surface area contributed by atoms with Gasteiger partial charge in [0.1, 0.15) is 0 Å². The molecule has 0 aromatic heterocycles. The van der Waals surface area contributed by atoms with Crippen LogP contribution in [0.25, 0.3) is 21.5 Å². The van der Waals surface area contributed by atoms with Gasteiger partial charge < -0.3 is 0 Å². The van der Waals surface area contributed by atoms with Crippen LogP contribution in [0.15, 0.2) is 133 Å². The molecule has 5 aromatic carbocycles. The monoisotopic (exact) mass is 556 g/mol. The number of hydrogen-bond acceptors (Lipinski definition) is 0. The summed E-state index contributed by atoms with van der Waals surface area (Å²) in [4.78, 5) is 0. The van der Waals surface area contributed by atoms with Gasteiger partial charge in [-0.25, -0.2) is 6.08 Å². The first-order valence-corrected chi connectivity index (χ1v) is 14.1. The van der Waals surface area contributed by atoms with E-state index in [1.165, 1.54) is 65.7 Å². The molecule has 1 heteroatoms. The van der Waals surface area contributed by atoms with Gasteiger partial charge in [-0.15, -0.1) is 39.7 Å². The van der Waals surface area contributed by atoms with E-state index in [-0.39, 0.29) is 0 Å². The van der Waals surface area contributed by atoms with Crippen LogP contribution in [0.5, 0.6) is 0 Å². The van der Waals surface area contributed by atoms with E-state index < -0.39 is 0 Å². The molecule has 1 aliphatic rings. The van der Waals surface area contributed by atoms with Crippen LogP contribution in [-0.4, -0.2) is 3.21 Å². The first-order valence-electron chi connectivity index (χ1n) is 12.9. The molecule has 1 aliphatic carbocycles. The third-order valence-corrected chi connectivity index (χ3v) is 7.86. The second-order valence-electron chi connectivity index (χ2n) is 10.4. The molecule has 0 amide bonds. The standard InChI is InChI=1S/C13H9.C13H10.C10H15.Zr/c1-3-7-12-10(5-1)9-11-6-2-4-8-13(11)12;1-3-7-12(8-4-1)11-13-9-5-2-6-10-13;1-8-5-6-9(7-8)10(2,3)4;/h1-9H;1-10H;6-8H,1-4H3;/q-1;;-1;+2. The molecule has 0 fully saturated rings. The Morgan fingerprint density at radius 2 is 1.11 bits per heavy atom. The molecule has 5 aromatic rings. The number of fused-ring (bicyclic) bond motifs is 3. The van der Waals surface area contributed by atoms with Crippen molar-refractivity contribution in [2.75, 3.05) is 0 Å². The van der Waals surface area contributed by atoms with Crippen LogP contribution in [0.3, 0.4) is 0 Å².